The van der Waals surface area contributed by atoms with E-state index in [0.29, 0.717) is 30.5 Å². The van der Waals surface area contributed by atoms with Crippen LogP contribution in [0.2, 0.25) is 0 Å². The van der Waals surface area contributed by atoms with Crippen LogP contribution in [0.4, 0.5) is 5.69 Å². The van der Waals surface area contributed by atoms with Gasteiger partial charge in [0, 0.05) is 11.3 Å². The highest BCUT2D eigenvalue weighted by Crippen LogP contribution is 2.18. The molecule has 7 nitrogen and oxygen atoms in total. The van der Waals surface area contributed by atoms with Gasteiger partial charge in [-0.15, -0.1) is 10.2 Å². The molecule has 2 rings (SSSR count). The number of aromatic amines is 1. The lowest BCUT2D eigenvalue weighted by molar-refractivity contribution is -0.117. The maximum atomic E-state index is 12.0. The van der Waals surface area contributed by atoms with Crippen LogP contribution in [0.1, 0.15) is 33.6 Å². The molecular formula is C16H23N5O2. The average molecular weight is 317 g/mol. The first-order valence-electron chi connectivity index (χ1n) is 7.80. The van der Waals surface area contributed by atoms with E-state index in [1.807, 2.05) is 31.2 Å². The fourth-order valence-corrected chi connectivity index (χ4v) is 2.33. The van der Waals surface area contributed by atoms with Crippen molar-refractivity contribution < 1.29 is 9.53 Å². The van der Waals surface area contributed by atoms with Crippen LogP contribution in [0.3, 0.4) is 0 Å². The van der Waals surface area contributed by atoms with E-state index in [1.165, 1.54) is 0 Å². The van der Waals surface area contributed by atoms with E-state index in [1.54, 1.807) is 0 Å². The smallest absolute Gasteiger partial charge is 0.226 e. The molecule has 0 bridgehead atoms. The third-order valence-electron chi connectivity index (χ3n) is 3.28. The molecule has 0 saturated carbocycles. The van der Waals surface area contributed by atoms with Gasteiger partial charge in [0.2, 0.25) is 11.7 Å². The molecule has 0 saturated heterocycles. The summed E-state index contributed by atoms with van der Waals surface area (Å²) in [5.41, 5.74) is 1.49. The number of rotatable bonds is 8. The van der Waals surface area contributed by atoms with Gasteiger partial charge in [0.15, 0.2) is 0 Å². The molecule has 1 aromatic heterocycles. The third-order valence-corrected chi connectivity index (χ3v) is 3.28. The number of carbonyl (C=O) groups excluding carboxylic acids is 1. The van der Waals surface area contributed by atoms with Crippen molar-refractivity contribution >= 4 is 11.6 Å². The van der Waals surface area contributed by atoms with Crippen LogP contribution in [0, 0.1) is 5.92 Å². The number of aromatic nitrogens is 4. The zero-order valence-electron chi connectivity index (χ0n) is 13.7. The van der Waals surface area contributed by atoms with E-state index in [-0.39, 0.29) is 12.0 Å². The van der Waals surface area contributed by atoms with Gasteiger partial charge >= 0.3 is 0 Å². The number of tetrazole rings is 1. The van der Waals surface area contributed by atoms with Gasteiger partial charge in [-0.1, -0.05) is 26.0 Å². The second kappa shape index (κ2) is 8.38. The van der Waals surface area contributed by atoms with Crippen molar-refractivity contribution in [3.63, 3.8) is 0 Å². The number of hydrogen-bond donors (Lipinski definition) is 2. The zero-order valence-corrected chi connectivity index (χ0v) is 13.7. The predicted octanol–water partition coefficient (Wildman–Crippen LogP) is 2.65. The summed E-state index contributed by atoms with van der Waals surface area (Å²) in [6.45, 7) is 6.77. The van der Waals surface area contributed by atoms with Crippen molar-refractivity contribution in [1.82, 2.24) is 20.6 Å². The van der Waals surface area contributed by atoms with Crippen LogP contribution in [0.15, 0.2) is 24.3 Å². The number of hydrogen-bond acceptors (Lipinski definition) is 5. The summed E-state index contributed by atoms with van der Waals surface area (Å²) in [4.78, 5) is 12.0. The number of benzene rings is 1. The number of nitrogens with zero attached hydrogens (tertiary/aromatic N) is 3. The minimum absolute atomic E-state index is 0.0768. The highest BCUT2D eigenvalue weighted by molar-refractivity contribution is 5.91. The quantitative estimate of drug-likeness (QED) is 0.780. The summed E-state index contributed by atoms with van der Waals surface area (Å²) >= 11 is 0. The van der Waals surface area contributed by atoms with Gasteiger partial charge < -0.3 is 10.1 Å². The van der Waals surface area contributed by atoms with Gasteiger partial charge in [-0.25, -0.2) is 0 Å². The van der Waals surface area contributed by atoms with Gasteiger partial charge in [-0.3, -0.25) is 4.79 Å². The summed E-state index contributed by atoms with van der Waals surface area (Å²) in [6, 6.07) is 7.33. The highest BCUT2D eigenvalue weighted by atomic mass is 16.5. The first kappa shape index (κ1) is 17.1. The van der Waals surface area contributed by atoms with Gasteiger partial charge in [0.1, 0.15) is 0 Å². The van der Waals surface area contributed by atoms with Crippen LogP contribution in [-0.4, -0.2) is 39.2 Å². The van der Waals surface area contributed by atoms with E-state index < -0.39 is 0 Å². The molecule has 0 aliphatic heterocycles. The molecule has 0 fully saturated rings. The molecule has 7 heteroatoms. The SMILES string of the molecule is CC(C)CC(C)OCCC(=O)Nc1cccc(-c2nn[nH]n2)c1. The molecule has 1 aromatic carbocycles. The standard InChI is InChI=1S/C16H23N5O2/c1-11(2)9-12(3)23-8-7-15(22)17-14-6-4-5-13(10-14)16-18-20-21-19-16/h4-6,10-12H,7-9H2,1-3H3,(H,17,22)(H,18,19,20,21). The monoisotopic (exact) mass is 317 g/mol. The Morgan fingerprint density at radius 2 is 2.17 bits per heavy atom. The van der Waals surface area contributed by atoms with E-state index >= 15 is 0 Å². The second-order valence-corrected chi connectivity index (χ2v) is 5.93. The van der Waals surface area contributed by atoms with Crippen LogP contribution in [0.25, 0.3) is 11.4 Å². The zero-order chi connectivity index (χ0) is 16.7. The molecule has 2 N–H and O–H groups in total. The minimum Gasteiger partial charge on any atom is -0.378 e. The van der Waals surface area contributed by atoms with Gasteiger partial charge in [0.05, 0.1) is 19.1 Å². The van der Waals surface area contributed by atoms with Crippen molar-refractivity contribution in [3.05, 3.63) is 24.3 Å². The van der Waals surface area contributed by atoms with E-state index in [0.717, 1.165) is 12.0 Å². The summed E-state index contributed by atoms with van der Waals surface area (Å²) < 4.78 is 5.65. The Hall–Kier alpha value is -2.28. The summed E-state index contributed by atoms with van der Waals surface area (Å²) in [6.07, 6.45) is 1.49. The molecule has 2 aromatic rings. The highest BCUT2D eigenvalue weighted by Gasteiger charge is 2.09. The molecule has 0 spiro atoms. The lowest BCUT2D eigenvalue weighted by Gasteiger charge is -2.15. The van der Waals surface area contributed by atoms with Crippen molar-refractivity contribution in [1.29, 1.82) is 0 Å². The Morgan fingerprint density at radius 1 is 1.35 bits per heavy atom. The summed E-state index contributed by atoms with van der Waals surface area (Å²) in [5.74, 6) is 1.01. The lowest BCUT2D eigenvalue weighted by atomic mass is 10.1. The fraction of sp³-hybridized carbons (Fsp3) is 0.500. The third kappa shape index (κ3) is 5.78. The van der Waals surface area contributed by atoms with E-state index in [2.05, 4.69) is 39.8 Å². The predicted molar refractivity (Wildman–Crippen MR) is 87.7 cm³/mol. The molecule has 124 valence electrons. The summed E-state index contributed by atoms with van der Waals surface area (Å²) in [5, 5.41) is 16.6. The normalized spacial score (nSPS) is 12.3. The van der Waals surface area contributed by atoms with Crippen molar-refractivity contribution in [3.8, 4) is 11.4 Å². The van der Waals surface area contributed by atoms with Crippen molar-refractivity contribution in [2.45, 2.75) is 39.7 Å². The Bertz CT molecular complexity index is 613. The van der Waals surface area contributed by atoms with E-state index in [4.69, 9.17) is 4.74 Å². The molecule has 23 heavy (non-hydrogen) atoms. The van der Waals surface area contributed by atoms with Crippen molar-refractivity contribution in [2.75, 3.05) is 11.9 Å². The fourth-order valence-electron chi connectivity index (χ4n) is 2.33. The largest absolute Gasteiger partial charge is 0.378 e. The molecular weight excluding hydrogens is 294 g/mol. The number of nitrogens with one attached hydrogen (secondary N) is 2. The summed E-state index contributed by atoms with van der Waals surface area (Å²) in [7, 11) is 0. The molecule has 1 unspecified atom stereocenters. The minimum atomic E-state index is -0.0768. The van der Waals surface area contributed by atoms with Gasteiger partial charge in [-0.2, -0.15) is 5.21 Å². The molecule has 0 radical (unpaired) electrons. The average Bonchev–Trinajstić information content (AvgIpc) is 3.01. The number of anilines is 1. The first-order chi connectivity index (χ1) is 11.0. The van der Waals surface area contributed by atoms with Gasteiger partial charge in [-0.05, 0) is 36.6 Å². The van der Waals surface area contributed by atoms with Crippen LogP contribution in [0.5, 0.6) is 0 Å². The topological polar surface area (TPSA) is 92.8 Å². The lowest BCUT2D eigenvalue weighted by Crippen LogP contribution is -2.18. The number of carbonyl (C=O) groups is 1. The second-order valence-electron chi connectivity index (χ2n) is 5.93. The molecule has 0 aliphatic carbocycles. The van der Waals surface area contributed by atoms with Crippen LogP contribution >= 0.6 is 0 Å². The van der Waals surface area contributed by atoms with Crippen molar-refractivity contribution in [2.24, 2.45) is 5.92 Å². The van der Waals surface area contributed by atoms with Crippen LogP contribution in [-0.2, 0) is 9.53 Å². The maximum Gasteiger partial charge on any atom is 0.226 e. The molecule has 1 amide bonds. The van der Waals surface area contributed by atoms with Crippen LogP contribution < -0.4 is 5.32 Å². The number of amides is 1. The molecule has 0 aliphatic rings. The Labute approximate surface area is 135 Å². The Kier molecular flexibility index (Phi) is 6.22. The number of ether oxygens (including phenoxy) is 1. The molecule has 1 heterocycles. The number of H-pyrrole nitrogens is 1. The van der Waals surface area contributed by atoms with E-state index in [9.17, 15) is 4.79 Å². The maximum absolute atomic E-state index is 12.0. The first-order valence-corrected chi connectivity index (χ1v) is 7.80. The Balaban J connectivity index is 1.80. The van der Waals surface area contributed by atoms with Gasteiger partial charge in [0.25, 0.3) is 0 Å². The Morgan fingerprint density at radius 3 is 2.87 bits per heavy atom. The molecule has 1 atom stereocenters.